The SMILES string of the molecule is O=C(Cc1ccc(C(O)C2CC2)nc1)c1cccn(-c2ccccc2OCC(F)(F)F)c1=O. The molecule has 1 atom stereocenters. The second-order valence-corrected chi connectivity index (χ2v) is 7.94. The van der Waals surface area contributed by atoms with Gasteiger partial charge in [-0.1, -0.05) is 18.2 Å². The molecule has 1 aromatic carbocycles. The molecule has 6 nitrogen and oxygen atoms in total. The molecule has 0 aliphatic heterocycles. The Labute approximate surface area is 187 Å². The first kappa shape index (κ1) is 22.7. The number of aliphatic hydroxyl groups is 1. The lowest BCUT2D eigenvalue weighted by molar-refractivity contribution is -0.153. The number of alkyl halides is 3. The van der Waals surface area contributed by atoms with Crippen LogP contribution in [0.3, 0.4) is 0 Å². The first-order valence-electron chi connectivity index (χ1n) is 10.4. The minimum absolute atomic E-state index is 0.0850. The topological polar surface area (TPSA) is 81.4 Å². The van der Waals surface area contributed by atoms with Gasteiger partial charge in [0.05, 0.1) is 23.0 Å². The van der Waals surface area contributed by atoms with Gasteiger partial charge in [-0.3, -0.25) is 19.1 Å². The maximum absolute atomic E-state index is 13.0. The molecule has 2 heterocycles. The number of benzene rings is 1. The van der Waals surface area contributed by atoms with Crippen LogP contribution in [-0.2, 0) is 6.42 Å². The predicted octanol–water partition coefficient (Wildman–Crippen LogP) is 4.04. The molecular formula is C24H21F3N2O4. The fraction of sp³-hybridized carbons (Fsp3) is 0.292. The van der Waals surface area contributed by atoms with Crippen molar-refractivity contribution in [2.45, 2.75) is 31.5 Å². The van der Waals surface area contributed by atoms with Gasteiger partial charge in [0.15, 0.2) is 12.4 Å². The molecule has 172 valence electrons. The number of carbonyl (C=O) groups excluding carboxylic acids is 1. The number of pyridine rings is 2. The number of halogens is 3. The summed E-state index contributed by atoms with van der Waals surface area (Å²) >= 11 is 0. The van der Waals surface area contributed by atoms with Crippen LogP contribution in [0.25, 0.3) is 5.69 Å². The van der Waals surface area contributed by atoms with Crippen LogP contribution in [-0.4, -0.2) is 33.2 Å². The van der Waals surface area contributed by atoms with Gasteiger partial charge in [0.2, 0.25) is 0 Å². The minimum atomic E-state index is -4.53. The van der Waals surface area contributed by atoms with Gasteiger partial charge in [-0.2, -0.15) is 13.2 Å². The Hall–Kier alpha value is -3.46. The van der Waals surface area contributed by atoms with Crippen LogP contribution in [0.15, 0.2) is 65.7 Å². The second-order valence-electron chi connectivity index (χ2n) is 7.94. The highest BCUT2D eigenvalue weighted by atomic mass is 19.4. The van der Waals surface area contributed by atoms with E-state index in [1.165, 1.54) is 42.7 Å². The van der Waals surface area contributed by atoms with Crippen LogP contribution < -0.4 is 10.3 Å². The van der Waals surface area contributed by atoms with E-state index < -0.39 is 30.2 Å². The van der Waals surface area contributed by atoms with Gasteiger partial charge in [-0.05, 0) is 54.7 Å². The normalized spacial score (nSPS) is 14.7. The fourth-order valence-corrected chi connectivity index (χ4v) is 3.48. The molecule has 4 rings (SSSR count). The van der Waals surface area contributed by atoms with Gasteiger partial charge in [-0.25, -0.2) is 0 Å². The van der Waals surface area contributed by atoms with Crippen LogP contribution in [0.4, 0.5) is 13.2 Å². The van der Waals surface area contributed by atoms with E-state index in [0.29, 0.717) is 11.3 Å². The number of rotatable bonds is 8. The number of ketones is 1. The molecule has 0 spiro atoms. The highest BCUT2D eigenvalue weighted by Crippen LogP contribution is 2.40. The van der Waals surface area contributed by atoms with Crippen molar-refractivity contribution in [1.82, 2.24) is 9.55 Å². The third-order valence-electron chi connectivity index (χ3n) is 5.35. The van der Waals surface area contributed by atoms with Crippen LogP contribution in [0.1, 0.15) is 40.6 Å². The van der Waals surface area contributed by atoms with Gasteiger partial charge in [-0.15, -0.1) is 0 Å². The summed E-state index contributed by atoms with van der Waals surface area (Å²) in [6, 6.07) is 12.0. The Bertz CT molecular complexity index is 1200. The summed E-state index contributed by atoms with van der Waals surface area (Å²) in [5.74, 6) is -0.355. The summed E-state index contributed by atoms with van der Waals surface area (Å²) in [6.45, 7) is -1.50. The van der Waals surface area contributed by atoms with Crippen LogP contribution >= 0.6 is 0 Å². The molecule has 9 heteroatoms. The lowest BCUT2D eigenvalue weighted by Gasteiger charge is -2.15. The molecule has 0 amide bonds. The highest BCUT2D eigenvalue weighted by Gasteiger charge is 2.31. The summed E-state index contributed by atoms with van der Waals surface area (Å²) in [5.41, 5.74) is 0.452. The second kappa shape index (κ2) is 9.19. The number of nitrogens with zero attached hydrogens (tertiary/aromatic N) is 2. The largest absolute Gasteiger partial charge is 0.482 e. The maximum Gasteiger partial charge on any atom is 0.422 e. The van der Waals surface area contributed by atoms with E-state index >= 15 is 0 Å². The fourth-order valence-electron chi connectivity index (χ4n) is 3.48. The van der Waals surface area contributed by atoms with Crippen molar-refractivity contribution in [3.8, 4) is 11.4 Å². The summed E-state index contributed by atoms with van der Waals surface area (Å²) in [6.07, 6.45) is -0.435. The number of hydrogen-bond acceptors (Lipinski definition) is 5. The average Bonchev–Trinajstić information content (AvgIpc) is 3.63. The van der Waals surface area contributed by atoms with Gasteiger partial charge < -0.3 is 9.84 Å². The van der Waals surface area contributed by atoms with Gasteiger partial charge >= 0.3 is 6.18 Å². The molecule has 1 aliphatic rings. The lowest BCUT2D eigenvalue weighted by Crippen LogP contribution is -2.26. The van der Waals surface area contributed by atoms with E-state index in [4.69, 9.17) is 4.74 Å². The number of para-hydroxylation sites is 2. The number of Topliss-reactive ketones (excluding diaryl/α,β-unsaturated/α-hetero) is 1. The molecule has 1 saturated carbocycles. The predicted molar refractivity (Wildman–Crippen MR) is 114 cm³/mol. The number of ether oxygens (including phenoxy) is 1. The van der Waals surface area contributed by atoms with Crippen molar-refractivity contribution in [2.24, 2.45) is 5.92 Å². The first-order chi connectivity index (χ1) is 15.7. The Balaban J connectivity index is 1.55. The standard InChI is InChI=1S/C24H21F3N2O4/c25-24(26,27)14-33-21-6-2-1-5-19(21)29-11-3-4-17(23(29)32)20(30)12-15-7-10-18(28-13-15)22(31)16-8-9-16/h1-7,10-11,13,16,22,31H,8-9,12,14H2. The molecule has 1 fully saturated rings. The van der Waals surface area contributed by atoms with Crippen molar-refractivity contribution in [1.29, 1.82) is 0 Å². The summed E-state index contributed by atoms with van der Waals surface area (Å²) in [7, 11) is 0. The zero-order chi connectivity index (χ0) is 23.6. The molecule has 0 bridgehead atoms. The number of carbonyl (C=O) groups is 1. The van der Waals surface area contributed by atoms with E-state index in [9.17, 15) is 27.9 Å². The van der Waals surface area contributed by atoms with E-state index in [2.05, 4.69) is 4.98 Å². The average molecular weight is 458 g/mol. The zero-order valence-corrected chi connectivity index (χ0v) is 17.5. The van der Waals surface area contributed by atoms with Gasteiger partial charge in [0.1, 0.15) is 5.75 Å². The monoisotopic (exact) mass is 458 g/mol. The Kier molecular flexibility index (Phi) is 6.33. The molecule has 0 radical (unpaired) electrons. The molecule has 1 N–H and O–H groups in total. The molecule has 0 saturated heterocycles. The summed E-state index contributed by atoms with van der Waals surface area (Å²) < 4.78 is 43.7. The van der Waals surface area contributed by atoms with Crippen molar-refractivity contribution in [3.05, 3.63) is 88.1 Å². The molecule has 1 unspecified atom stereocenters. The van der Waals surface area contributed by atoms with Crippen LogP contribution in [0.2, 0.25) is 0 Å². The lowest BCUT2D eigenvalue weighted by atomic mass is 10.0. The summed E-state index contributed by atoms with van der Waals surface area (Å²) in [5, 5.41) is 10.1. The van der Waals surface area contributed by atoms with Crippen LogP contribution in [0.5, 0.6) is 5.75 Å². The molecule has 2 aromatic heterocycles. The van der Waals surface area contributed by atoms with Crippen molar-refractivity contribution in [3.63, 3.8) is 0 Å². The quantitative estimate of drug-likeness (QED) is 0.516. The van der Waals surface area contributed by atoms with E-state index in [1.807, 2.05) is 0 Å². The number of hydrogen-bond donors (Lipinski definition) is 1. The Morgan fingerprint density at radius 2 is 1.91 bits per heavy atom. The smallest absolute Gasteiger partial charge is 0.422 e. The zero-order valence-electron chi connectivity index (χ0n) is 17.5. The van der Waals surface area contributed by atoms with E-state index in [0.717, 1.165) is 17.4 Å². The highest BCUT2D eigenvalue weighted by molar-refractivity contribution is 5.97. The molecule has 3 aromatic rings. The van der Waals surface area contributed by atoms with Crippen molar-refractivity contribution in [2.75, 3.05) is 6.61 Å². The Morgan fingerprint density at radius 3 is 2.58 bits per heavy atom. The molecular weight excluding hydrogens is 437 g/mol. The minimum Gasteiger partial charge on any atom is -0.482 e. The molecule has 1 aliphatic carbocycles. The number of aliphatic hydroxyl groups excluding tert-OH is 1. The van der Waals surface area contributed by atoms with Crippen LogP contribution in [0, 0.1) is 5.92 Å². The van der Waals surface area contributed by atoms with E-state index in [1.54, 1.807) is 18.2 Å². The number of aromatic nitrogens is 2. The van der Waals surface area contributed by atoms with E-state index in [-0.39, 0.29) is 29.3 Å². The third kappa shape index (κ3) is 5.48. The van der Waals surface area contributed by atoms with Crippen molar-refractivity contribution >= 4 is 5.78 Å². The summed E-state index contributed by atoms with van der Waals surface area (Å²) in [4.78, 5) is 30.1. The van der Waals surface area contributed by atoms with Gasteiger partial charge in [0, 0.05) is 18.8 Å². The maximum atomic E-state index is 13.0. The third-order valence-corrected chi connectivity index (χ3v) is 5.35. The first-order valence-corrected chi connectivity index (χ1v) is 10.4. The van der Waals surface area contributed by atoms with Crippen molar-refractivity contribution < 1.29 is 27.8 Å². The molecule has 33 heavy (non-hydrogen) atoms. The Morgan fingerprint density at radius 1 is 1.15 bits per heavy atom. The van der Waals surface area contributed by atoms with Gasteiger partial charge in [0.25, 0.3) is 5.56 Å².